The fourth-order valence-corrected chi connectivity index (χ4v) is 3.34. The van der Waals surface area contributed by atoms with E-state index in [1.165, 1.54) is 17.0 Å². The van der Waals surface area contributed by atoms with Crippen molar-refractivity contribution in [3.63, 3.8) is 0 Å². The Labute approximate surface area is 151 Å². The molecule has 0 aromatic heterocycles. The number of aliphatic carboxylic acids is 1. The van der Waals surface area contributed by atoms with Crippen molar-refractivity contribution in [3.8, 4) is 0 Å². The number of benzene rings is 2. The molecule has 1 amide bonds. The van der Waals surface area contributed by atoms with Crippen LogP contribution in [0.1, 0.15) is 22.6 Å². The molecule has 2 aromatic carbocycles. The minimum Gasteiger partial charge on any atom is -0.481 e. The SMILES string of the molecule is Cc1ccc(F)cc1[C@@H]1CN(C(=O)OCc2ccccc2)C[C@H]1C(=O)O. The normalized spacial score (nSPS) is 19.4. The van der Waals surface area contributed by atoms with E-state index in [0.29, 0.717) is 5.56 Å². The molecule has 0 radical (unpaired) electrons. The van der Waals surface area contributed by atoms with Crippen LogP contribution in [-0.4, -0.2) is 35.2 Å². The minimum absolute atomic E-state index is 0.0452. The molecule has 1 heterocycles. The van der Waals surface area contributed by atoms with Crippen LogP contribution in [0.3, 0.4) is 0 Å². The monoisotopic (exact) mass is 357 g/mol. The third-order valence-electron chi connectivity index (χ3n) is 4.74. The summed E-state index contributed by atoms with van der Waals surface area (Å²) in [4.78, 5) is 25.4. The fourth-order valence-electron chi connectivity index (χ4n) is 3.34. The average molecular weight is 357 g/mol. The van der Waals surface area contributed by atoms with Crippen LogP contribution in [0.15, 0.2) is 48.5 Å². The molecule has 0 saturated carbocycles. The number of carboxylic acid groups (broad SMARTS) is 1. The number of halogens is 1. The predicted molar refractivity (Wildman–Crippen MR) is 93.2 cm³/mol. The molecule has 6 heteroatoms. The Kier molecular flexibility index (Phi) is 5.21. The molecule has 1 aliphatic heterocycles. The van der Waals surface area contributed by atoms with Crippen molar-refractivity contribution in [2.75, 3.05) is 13.1 Å². The Morgan fingerprint density at radius 2 is 1.92 bits per heavy atom. The summed E-state index contributed by atoms with van der Waals surface area (Å²) in [5, 5.41) is 9.54. The first-order valence-corrected chi connectivity index (χ1v) is 8.40. The van der Waals surface area contributed by atoms with Crippen LogP contribution in [0.5, 0.6) is 0 Å². The first-order valence-electron chi connectivity index (χ1n) is 8.40. The second-order valence-electron chi connectivity index (χ2n) is 6.50. The highest BCUT2D eigenvalue weighted by molar-refractivity contribution is 5.76. The lowest BCUT2D eigenvalue weighted by Gasteiger charge is -2.18. The van der Waals surface area contributed by atoms with E-state index in [-0.39, 0.29) is 19.7 Å². The van der Waals surface area contributed by atoms with Gasteiger partial charge in [0.2, 0.25) is 0 Å². The van der Waals surface area contributed by atoms with Crippen LogP contribution in [0, 0.1) is 18.7 Å². The van der Waals surface area contributed by atoms with Crippen LogP contribution < -0.4 is 0 Å². The number of carboxylic acids is 1. The van der Waals surface area contributed by atoms with Gasteiger partial charge in [-0.05, 0) is 35.7 Å². The number of amides is 1. The lowest BCUT2D eigenvalue weighted by Crippen LogP contribution is -2.30. The van der Waals surface area contributed by atoms with Gasteiger partial charge in [0.25, 0.3) is 0 Å². The molecule has 1 N–H and O–H groups in total. The second-order valence-corrected chi connectivity index (χ2v) is 6.50. The van der Waals surface area contributed by atoms with E-state index in [1.54, 1.807) is 6.07 Å². The van der Waals surface area contributed by atoms with Crippen LogP contribution >= 0.6 is 0 Å². The number of nitrogens with zero attached hydrogens (tertiary/aromatic N) is 1. The van der Waals surface area contributed by atoms with E-state index >= 15 is 0 Å². The Hall–Kier alpha value is -2.89. The van der Waals surface area contributed by atoms with Crippen LogP contribution in [0.4, 0.5) is 9.18 Å². The van der Waals surface area contributed by atoms with Crippen LogP contribution in [0.2, 0.25) is 0 Å². The van der Waals surface area contributed by atoms with Crippen molar-refractivity contribution < 1.29 is 23.8 Å². The van der Waals surface area contributed by atoms with Crippen molar-refractivity contribution in [3.05, 3.63) is 71.0 Å². The van der Waals surface area contributed by atoms with Gasteiger partial charge in [0.15, 0.2) is 0 Å². The molecule has 5 nitrogen and oxygen atoms in total. The molecule has 1 aliphatic rings. The average Bonchev–Trinajstić information content (AvgIpc) is 3.08. The summed E-state index contributed by atoms with van der Waals surface area (Å²) in [7, 11) is 0. The third-order valence-corrected chi connectivity index (χ3v) is 4.74. The maximum absolute atomic E-state index is 13.6. The summed E-state index contributed by atoms with van der Waals surface area (Å²) in [6, 6.07) is 13.6. The Bertz CT molecular complexity index is 809. The number of hydrogen-bond donors (Lipinski definition) is 1. The van der Waals surface area contributed by atoms with Gasteiger partial charge in [-0.1, -0.05) is 36.4 Å². The molecular weight excluding hydrogens is 337 g/mol. The van der Waals surface area contributed by atoms with E-state index < -0.39 is 29.7 Å². The van der Waals surface area contributed by atoms with Gasteiger partial charge in [-0.25, -0.2) is 9.18 Å². The van der Waals surface area contributed by atoms with Crippen LogP contribution in [0.25, 0.3) is 0 Å². The Morgan fingerprint density at radius 3 is 2.62 bits per heavy atom. The summed E-state index contributed by atoms with van der Waals surface area (Å²) < 4.78 is 18.9. The van der Waals surface area contributed by atoms with Gasteiger partial charge in [-0.2, -0.15) is 0 Å². The zero-order valence-electron chi connectivity index (χ0n) is 14.4. The van der Waals surface area contributed by atoms with Gasteiger partial charge in [0.1, 0.15) is 12.4 Å². The van der Waals surface area contributed by atoms with Crippen molar-refractivity contribution in [1.82, 2.24) is 4.90 Å². The molecule has 0 unspecified atom stereocenters. The van der Waals surface area contributed by atoms with E-state index in [1.807, 2.05) is 37.3 Å². The molecule has 26 heavy (non-hydrogen) atoms. The molecule has 0 spiro atoms. The largest absolute Gasteiger partial charge is 0.481 e. The summed E-state index contributed by atoms with van der Waals surface area (Å²) in [6.07, 6.45) is -0.559. The highest BCUT2D eigenvalue weighted by Gasteiger charge is 2.41. The summed E-state index contributed by atoms with van der Waals surface area (Å²) in [6.45, 7) is 2.17. The highest BCUT2D eigenvalue weighted by Crippen LogP contribution is 2.35. The smallest absolute Gasteiger partial charge is 0.410 e. The number of carbonyl (C=O) groups is 2. The topological polar surface area (TPSA) is 66.8 Å². The molecule has 1 fully saturated rings. The van der Waals surface area contributed by atoms with E-state index in [4.69, 9.17) is 4.74 Å². The number of aryl methyl sites for hydroxylation is 1. The molecule has 0 bridgehead atoms. The Morgan fingerprint density at radius 1 is 1.19 bits per heavy atom. The lowest BCUT2D eigenvalue weighted by atomic mass is 9.86. The quantitative estimate of drug-likeness (QED) is 0.908. The van der Waals surface area contributed by atoms with Crippen molar-refractivity contribution in [2.45, 2.75) is 19.4 Å². The predicted octanol–water partition coefficient (Wildman–Crippen LogP) is 3.57. The summed E-state index contributed by atoms with van der Waals surface area (Å²) in [5.74, 6) is -2.68. The molecule has 3 rings (SSSR count). The second kappa shape index (κ2) is 7.56. The molecule has 2 aromatic rings. The first kappa shape index (κ1) is 17.9. The number of likely N-dealkylation sites (tertiary alicyclic amines) is 1. The van der Waals surface area contributed by atoms with Crippen molar-refractivity contribution in [2.24, 2.45) is 5.92 Å². The zero-order chi connectivity index (χ0) is 18.7. The summed E-state index contributed by atoms with van der Waals surface area (Å²) in [5.41, 5.74) is 2.28. The number of ether oxygens (including phenoxy) is 1. The Balaban J connectivity index is 1.73. The van der Waals surface area contributed by atoms with Gasteiger partial charge >= 0.3 is 12.1 Å². The molecule has 0 aliphatic carbocycles. The molecule has 2 atom stereocenters. The van der Waals surface area contributed by atoms with Crippen molar-refractivity contribution in [1.29, 1.82) is 0 Å². The van der Waals surface area contributed by atoms with Crippen LogP contribution in [-0.2, 0) is 16.1 Å². The number of carbonyl (C=O) groups excluding carboxylic acids is 1. The zero-order valence-corrected chi connectivity index (χ0v) is 14.4. The summed E-state index contributed by atoms with van der Waals surface area (Å²) >= 11 is 0. The van der Waals surface area contributed by atoms with Crippen molar-refractivity contribution >= 4 is 12.1 Å². The minimum atomic E-state index is -1.00. The lowest BCUT2D eigenvalue weighted by molar-refractivity contribution is -0.141. The van der Waals surface area contributed by atoms with E-state index in [9.17, 15) is 19.1 Å². The third kappa shape index (κ3) is 3.85. The van der Waals surface area contributed by atoms with Gasteiger partial charge in [-0.3, -0.25) is 4.79 Å². The first-order chi connectivity index (χ1) is 12.5. The number of rotatable bonds is 4. The standard InChI is InChI=1S/C20H20FNO4/c1-13-7-8-15(21)9-16(13)17-10-22(11-18(17)19(23)24)20(25)26-12-14-5-3-2-4-6-14/h2-9,17-18H,10-12H2,1H3,(H,23,24)/t17-,18+/m0/s1. The van der Waals surface area contributed by atoms with E-state index in [2.05, 4.69) is 0 Å². The van der Waals surface area contributed by atoms with Gasteiger partial charge in [-0.15, -0.1) is 0 Å². The highest BCUT2D eigenvalue weighted by atomic mass is 19.1. The van der Waals surface area contributed by atoms with Gasteiger partial charge < -0.3 is 14.7 Å². The molecule has 136 valence electrons. The maximum atomic E-state index is 13.6. The maximum Gasteiger partial charge on any atom is 0.410 e. The molecule has 1 saturated heterocycles. The molecular formula is C20H20FNO4. The van der Waals surface area contributed by atoms with E-state index in [0.717, 1.165) is 11.1 Å². The number of hydrogen-bond acceptors (Lipinski definition) is 3. The van der Waals surface area contributed by atoms with Gasteiger partial charge in [0.05, 0.1) is 5.92 Å². The fraction of sp³-hybridized carbons (Fsp3) is 0.300. The van der Waals surface area contributed by atoms with Gasteiger partial charge in [0, 0.05) is 19.0 Å².